The Kier molecular flexibility index (Phi) is 6.80. The van der Waals surface area contributed by atoms with Crippen LogP contribution in [0.1, 0.15) is 32.1 Å². The van der Waals surface area contributed by atoms with Crippen molar-refractivity contribution < 1.29 is 23.3 Å². The van der Waals surface area contributed by atoms with Crippen molar-refractivity contribution >= 4 is 27.5 Å². The summed E-state index contributed by atoms with van der Waals surface area (Å²) in [7, 11) is -2.55. The van der Waals surface area contributed by atoms with Crippen LogP contribution in [0.4, 0.5) is 0 Å². The minimum absolute atomic E-state index is 0.0622. The van der Waals surface area contributed by atoms with Gasteiger partial charge in [0.15, 0.2) is 6.61 Å². The van der Waals surface area contributed by atoms with Gasteiger partial charge in [0.2, 0.25) is 5.91 Å². The average Bonchev–Trinajstić information content (AvgIpc) is 2.34. The van der Waals surface area contributed by atoms with E-state index < -0.39 is 28.2 Å². The molecule has 0 radical (unpaired) electrons. The summed E-state index contributed by atoms with van der Waals surface area (Å²) in [6.45, 7) is -0.163. The molecule has 0 atom stereocenters. The van der Waals surface area contributed by atoms with Crippen LogP contribution in [0.2, 0.25) is 0 Å². The monoisotopic (exact) mass is 318 g/mol. The Bertz CT molecular complexity index is 515. The molecule has 1 rings (SSSR count). The summed E-state index contributed by atoms with van der Waals surface area (Å²) >= 11 is 0. The van der Waals surface area contributed by atoms with Crippen LogP contribution in [0.25, 0.3) is 0 Å². The third-order valence-electron chi connectivity index (χ3n) is 2.92. The molecule has 1 aliphatic heterocycles. The fourth-order valence-electron chi connectivity index (χ4n) is 2.00. The fourth-order valence-corrected chi connectivity index (χ4v) is 2.54. The first-order chi connectivity index (χ1) is 9.78. The lowest BCUT2D eigenvalue weighted by Gasteiger charge is -2.23. The highest BCUT2D eigenvalue weighted by atomic mass is 32.2. The number of nitrogens with zero attached hydrogens (tertiary/aromatic N) is 2. The van der Waals surface area contributed by atoms with Gasteiger partial charge in [0, 0.05) is 35.2 Å². The summed E-state index contributed by atoms with van der Waals surface area (Å²) in [4.78, 5) is 36.2. The Morgan fingerprint density at radius 2 is 1.90 bits per heavy atom. The smallest absolute Gasteiger partial charge is 0.326 e. The molecule has 1 saturated heterocycles. The summed E-state index contributed by atoms with van der Waals surface area (Å²) in [5.41, 5.74) is 0. The first-order valence-electron chi connectivity index (χ1n) is 6.91. The van der Waals surface area contributed by atoms with Crippen LogP contribution in [0, 0.1) is 0 Å². The molecule has 0 spiro atoms. The van der Waals surface area contributed by atoms with Crippen LogP contribution in [0.5, 0.6) is 0 Å². The van der Waals surface area contributed by atoms with Crippen molar-refractivity contribution in [1.82, 2.24) is 4.90 Å². The zero-order valence-corrected chi connectivity index (χ0v) is 13.3. The van der Waals surface area contributed by atoms with E-state index in [4.69, 9.17) is 4.74 Å². The summed E-state index contributed by atoms with van der Waals surface area (Å²) < 4.78 is 19.5. The van der Waals surface area contributed by atoms with Gasteiger partial charge in [0.05, 0.1) is 0 Å². The van der Waals surface area contributed by atoms with Crippen molar-refractivity contribution in [3.8, 4) is 0 Å². The number of amides is 2. The van der Waals surface area contributed by atoms with Crippen LogP contribution >= 0.6 is 0 Å². The standard InChI is InChI=1S/C13H22N2O5S/c1-21(2,19)14-11(16)10-20-13(18)9-15-8-6-4-3-5-7-12(15)17/h3-10H2,1-2H3. The van der Waals surface area contributed by atoms with Gasteiger partial charge in [-0.05, 0) is 12.8 Å². The Morgan fingerprint density at radius 1 is 1.24 bits per heavy atom. The van der Waals surface area contributed by atoms with E-state index in [1.54, 1.807) is 0 Å². The maximum Gasteiger partial charge on any atom is 0.326 e. The number of esters is 1. The van der Waals surface area contributed by atoms with Gasteiger partial charge in [-0.2, -0.15) is 4.36 Å². The van der Waals surface area contributed by atoms with Crippen molar-refractivity contribution in [2.75, 3.05) is 32.2 Å². The van der Waals surface area contributed by atoms with E-state index in [0.29, 0.717) is 13.0 Å². The van der Waals surface area contributed by atoms with Crippen molar-refractivity contribution in [2.45, 2.75) is 32.1 Å². The maximum atomic E-state index is 11.8. The van der Waals surface area contributed by atoms with Gasteiger partial charge in [-0.25, -0.2) is 4.21 Å². The number of carbonyl (C=O) groups excluding carboxylic acids is 3. The molecule has 7 nitrogen and oxygen atoms in total. The molecule has 8 heteroatoms. The quantitative estimate of drug-likeness (QED) is 0.707. The first-order valence-corrected chi connectivity index (χ1v) is 9.24. The molecule has 0 aromatic heterocycles. The van der Waals surface area contributed by atoms with E-state index in [1.165, 1.54) is 17.4 Å². The second kappa shape index (κ2) is 8.11. The van der Waals surface area contributed by atoms with Gasteiger partial charge in [0.1, 0.15) is 6.54 Å². The minimum Gasteiger partial charge on any atom is -0.454 e. The number of carbonyl (C=O) groups is 3. The van der Waals surface area contributed by atoms with E-state index in [9.17, 15) is 18.6 Å². The van der Waals surface area contributed by atoms with Gasteiger partial charge in [-0.1, -0.05) is 12.8 Å². The Labute approximate surface area is 125 Å². The highest BCUT2D eigenvalue weighted by molar-refractivity contribution is 7.92. The predicted octanol–water partition coefficient (Wildman–Crippen LogP) is 0.576. The van der Waals surface area contributed by atoms with E-state index in [2.05, 4.69) is 4.36 Å². The van der Waals surface area contributed by atoms with Crippen molar-refractivity contribution in [3.05, 3.63) is 0 Å². The summed E-state index contributed by atoms with van der Waals surface area (Å²) in [5, 5.41) is 0. The Balaban J connectivity index is 2.43. The van der Waals surface area contributed by atoms with E-state index in [0.717, 1.165) is 25.7 Å². The Morgan fingerprint density at radius 3 is 2.57 bits per heavy atom. The van der Waals surface area contributed by atoms with Crippen molar-refractivity contribution in [3.63, 3.8) is 0 Å². The molecule has 0 aromatic carbocycles. The van der Waals surface area contributed by atoms with Crippen LogP contribution in [-0.4, -0.2) is 59.1 Å². The first kappa shape index (κ1) is 17.6. The highest BCUT2D eigenvalue weighted by Gasteiger charge is 2.19. The zero-order chi connectivity index (χ0) is 15.9. The zero-order valence-electron chi connectivity index (χ0n) is 12.5. The molecular weight excluding hydrogens is 296 g/mol. The molecule has 0 N–H and O–H groups in total. The molecule has 0 aromatic rings. The number of rotatable bonds is 4. The van der Waals surface area contributed by atoms with Crippen LogP contribution in [-0.2, 0) is 28.8 Å². The van der Waals surface area contributed by atoms with Gasteiger partial charge < -0.3 is 9.64 Å². The summed E-state index contributed by atoms with van der Waals surface area (Å²) in [5.74, 6) is -1.45. The Hall–Kier alpha value is -1.44. The van der Waals surface area contributed by atoms with Crippen LogP contribution in [0.3, 0.4) is 0 Å². The lowest BCUT2D eigenvalue weighted by molar-refractivity contribution is -0.152. The largest absolute Gasteiger partial charge is 0.454 e. The topological polar surface area (TPSA) is 93.1 Å². The molecule has 1 fully saturated rings. The lowest BCUT2D eigenvalue weighted by Crippen LogP contribution is -2.38. The van der Waals surface area contributed by atoms with Gasteiger partial charge in [-0.15, -0.1) is 0 Å². The number of hydrogen-bond acceptors (Lipinski definition) is 5. The van der Waals surface area contributed by atoms with Gasteiger partial charge in [0.25, 0.3) is 5.91 Å². The molecule has 0 unspecified atom stereocenters. The molecule has 1 aliphatic rings. The molecular formula is C13H22N2O5S. The molecule has 0 bridgehead atoms. The van der Waals surface area contributed by atoms with Crippen molar-refractivity contribution in [1.29, 1.82) is 0 Å². The minimum atomic E-state index is -2.55. The van der Waals surface area contributed by atoms with Gasteiger partial charge >= 0.3 is 5.97 Å². The van der Waals surface area contributed by atoms with Crippen LogP contribution in [0.15, 0.2) is 4.36 Å². The molecule has 120 valence electrons. The van der Waals surface area contributed by atoms with Crippen molar-refractivity contribution in [2.24, 2.45) is 4.36 Å². The highest BCUT2D eigenvalue weighted by Crippen LogP contribution is 2.11. The third-order valence-corrected chi connectivity index (χ3v) is 3.56. The molecule has 2 amide bonds. The van der Waals surface area contributed by atoms with E-state index in [-0.39, 0.29) is 12.5 Å². The average molecular weight is 318 g/mol. The SMILES string of the molecule is CS(C)(=O)=NC(=O)COC(=O)CN1CCCCCCC1=O. The number of likely N-dealkylation sites (tertiary alicyclic amines) is 1. The maximum absolute atomic E-state index is 11.8. The van der Waals surface area contributed by atoms with Gasteiger partial charge in [-0.3, -0.25) is 14.4 Å². The second-order valence-corrected chi connectivity index (χ2v) is 7.85. The second-order valence-electron chi connectivity index (χ2n) is 5.31. The molecule has 0 aliphatic carbocycles. The summed E-state index contributed by atoms with van der Waals surface area (Å²) in [6.07, 6.45) is 6.86. The molecule has 21 heavy (non-hydrogen) atoms. The van der Waals surface area contributed by atoms with E-state index in [1.807, 2.05) is 0 Å². The van der Waals surface area contributed by atoms with E-state index >= 15 is 0 Å². The predicted molar refractivity (Wildman–Crippen MR) is 78.0 cm³/mol. The third kappa shape index (κ3) is 7.79. The lowest BCUT2D eigenvalue weighted by atomic mass is 10.1. The number of hydrogen-bond donors (Lipinski definition) is 0. The normalized spacial score (nSPS) is 16.9. The summed E-state index contributed by atoms with van der Waals surface area (Å²) in [6, 6.07) is 0. The molecule has 1 heterocycles. The fraction of sp³-hybridized carbons (Fsp3) is 0.769. The molecule has 0 saturated carbocycles. The van der Waals surface area contributed by atoms with Crippen LogP contribution < -0.4 is 0 Å². The number of ether oxygens (including phenoxy) is 1.